The van der Waals surface area contributed by atoms with E-state index >= 15 is 0 Å². The van der Waals surface area contributed by atoms with Crippen LogP contribution in [0.4, 0.5) is 0 Å². The van der Waals surface area contributed by atoms with Crippen molar-refractivity contribution in [1.29, 1.82) is 0 Å². The monoisotopic (exact) mass is 282 g/mol. The Morgan fingerprint density at radius 1 is 1.10 bits per heavy atom. The third-order valence-corrected chi connectivity index (χ3v) is 3.69. The number of fused-ring (bicyclic) bond motifs is 1. The zero-order valence-corrected chi connectivity index (χ0v) is 12.0. The number of pyridine rings is 1. The lowest BCUT2D eigenvalue weighted by molar-refractivity contribution is 1.01. The summed E-state index contributed by atoms with van der Waals surface area (Å²) >= 11 is 6.10. The van der Waals surface area contributed by atoms with E-state index < -0.39 is 0 Å². The molecular weight excluding hydrogens is 268 g/mol. The average molecular weight is 283 g/mol. The van der Waals surface area contributed by atoms with Crippen LogP contribution in [0.2, 0.25) is 5.02 Å². The molecule has 100 valence electrons. The first-order valence-corrected chi connectivity index (χ1v) is 6.91. The molecule has 2 N–H and O–H groups in total. The van der Waals surface area contributed by atoms with E-state index in [9.17, 15) is 0 Å². The lowest BCUT2D eigenvalue weighted by Gasteiger charge is -2.11. The summed E-state index contributed by atoms with van der Waals surface area (Å²) in [6.45, 7) is 2.53. The van der Waals surface area contributed by atoms with E-state index in [2.05, 4.69) is 30.1 Å². The van der Waals surface area contributed by atoms with Crippen LogP contribution in [-0.4, -0.2) is 4.98 Å². The quantitative estimate of drug-likeness (QED) is 0.760. The molecule has 0 aliphatic rings. The molecule has 2 nitrogen and oxygen atoms in total. The van der Waals surface area contributed by atoms with Crippen molar-refractivity contribution in [2.75, 3.05) is 0 Å². The summed E-state index contributed by atoms with van der Waals surface area (Å²) in [5.74, 6) is 0. The number of aryl methyl sites for hydroxylation is 1. The number of halogens is 1. The van der Waals surface area contributed by atoms with Crippen molar-refractivity contribution in [1.82, 2.24) is 4.98 Å². The second-order valence-corrected chi connectivity index (χ2v) is 5.32. The molecule has 0 saturated carbocycles. The maximum absolute atomic E-state index is 6.10. The van der Waals surface area contributed by atoms with Crippen LogP contribution in [0.3, 0.4) is 0 Å². The lowest BCUT2D eigenvalue weighted by Crippen LogP contribution is -2.01. The lowest BCUT2D eigenvalue weighted by atomic mass is 9.98. The Bertz CT molecular complexity index is 781. The fourth-order valence-corrected chi connectivity index (χ4v) is 2.65. The summed E-state index contributed by atoms with van der Waals surface area (Å²) in [6.07, 6.45) is 1.88. The molecular formula is C17H15ClN2. The number of hydrogen-bond acceptors (Lipinski definition) is 2. The van der Waals surface area contributed by atoms with Gasteiger partial charge in [-0.1, -0.05) is 47.5 Å². The molecule has 3 aromatic rings. The van der Waals surface area contributed by atoms with Gasteiger partial charge in [0.2, 0.25) is 0 Å². The van der Waals surface area contributed by atoms with Gasteiger partial charge < -0.3 is 5.73 Å². The minimum atomic E-state index is 0.440. The highest BCUT2D eigenvalue weighted by atomic mass is 35.5. The molecule has 0 spiro atoms. The molecule has 3 rings (SSSR count). The maximum atomic E-state index is 6.10. The van der Waals surface area contributed by atoms with Gasteiger partial charge in [-0.05, 0) is 30.0 Å². The number of aromatic nitrogens is 1. The van der Waals surface area contributed by atoms with Crippen molar-refractivity contribution < 1.29 is 0 Å². The molecule has 1 aromatic heterocycles. The van der Waals surface area contributed by atoms with Crippen LogP contribution in [-0.2, 0) is 6.54 Å². The topological polar surface area (TPSA) is 38.9 Å². The summed E-state index contributed by atoms with van der Waals surface area (Å²) in [4.78, 5) is 4.49. The fraction of sp³-hybridized carbons (Fsp3) is 0.118. The third-order valence-electron chi connectivity index (χ3n) is 3.45. The Hall–Kier alpha value is -1.90. The average Bonchev–Trinajstić information content (AvgIpc) is 2.45. The molecule has 0 unspecified atom stereocenters. The van der Waals surface area contributed by atoms with Crippen LogP contribution < -0.4 is 5.73 Å². The summed E-state index contributed by atoms with van der Waals surface area (Å²) < 4.78 is 0. The predicted octanol–water partition coefficient (Wildman–Crippen LogP) is 4.32. The molecule has 0 aliphatic carbocycles. The molecule has 0 saturated heterocycles. The van der Waals surface area contributed by atoms with Gasteiger partial charge in [0.05, 0.1) is 5.69 Å². The van der Waals surface area contributed by atoms with Crippen LogP contribution in [0.25, 0.3) is 21.9 Å². The van der Waals surface area contributed by atoms with Crippen molar-refractivity contribution >= 4 is 22.4 Å². The molecule has 0 fully saturated rings. The molecule has 0 aliphatic heterocycles. The Balaban J connectivity index is 2.34. The smallest absolute Gasteiger partial charge is 0.0618 e. The molecule has 1 heterocycles. The number of rotatable bonds is 2. The Morgan fingerprint density at radius 2 is 1.95 bits per heavy atom. The van der Waals surface area contributed by atoms with Gasteiger partial charge in [0, 0.05) is 28.7 Å². The van der Waals surface area contributed by atoms with E-state index in [1.54, 1.807) is 0 Å². The van der Waals surface area contributed by atoms with Gasteiger partial charge in [-0.3, -0.25) is 4.98 Å². The largest absolute Gasteiger partial charge is 0.325 e. The van der Waals surface area contributed by atoms with Gasteiger partial charge in [0.1, 0.15) is 0 Å². The van der Waals surface area contributed by atoms with Gasteiger partial charge >= 0.3 is 0 Å². The van der Waals surface area contributed by atoms with E-state index in [1.807, 2.05) is 30.5 Å². The van der Waals surface area contributed by atoms with Gasteiger partial charge in [-0.15, -0.1) is 0 Å². The van der Waals surface area contributed by atoms with Gasteiger partial charge in [0.25, 0.3) is 0 Å². The molecule has 20 heavy (non-hydrogen) atoms. The highest BCUT2D eigenvalue weighted by Crippen LogP contribution is 2.31. The SMILES string of the molecule is Cc1ccc2c(CN)ncc(-c3cccc(Cl)c3)c2c1. The first-order chi connectivity index (χ1) is 9.69. The summed E-state index contributed by atoms with van der Waals surface area (Å²) in [5.41, 5.74) is 10.1. The zero-order chi connectivity index (χ0) is 14.1. The number of nitrogens with two attached hydrogens (primary N) is 1. The molecule has 0 bridgehead atoms. The normalized spacial score (nSPS) is 10.9. The second kappa shape index (κ2) is 5.23. The Kier molecular flexibility index (Phi) is 3.43. The summed E-state index contributed by atoms with van der Waals surface area (Å²) in [7, 11) is 0. The minimum Gasteiger partial charge on any atom is -0.325 e. The van der Waals surface area contributed by atoms with Crippen LogP contribution in [0.1, 0.15) is 11.3 Å². The van der Waals surface area contributed by atoms with E-state index in [0.717, 1.165) is 27.2 Å². The van der Waals surface area contributed by atoms with E-state index in [-0.39, 0.29) is 0 Å². The van der Waals surface area contributed by atoms with Gasteiger partial charge in [-0.25, -0.2) is 0 Å². The first-order valence-electron chi connectivity index (χ1n) is 6.53. The predicted molar refractivity (Wildman–Crippen MR) is 84.8 cm³/mol. The van der Waals surface area contributed by atoms with Crippen molar-refractivity contribution in [3.05, 3.63) is 64.9 Å². The number of nitrogens with zero attached hydrogens (tertiary/aromatic N) is 1. The molecule has 2 aromatic carbocycles. The number of benzene rings is 2. The standard InChI is InChI=1S/C17H15ClN2/c1-11-5-6-14-15(7-11)16(10-20-17(14)9-19)12-3-2-4-13(18)8-12/h2-8,10H,9,19H2,1H3. The van der Waals surface area contributed by atoms with Crippen molar-refractivity contribution in [3.8, 4) is 11.1 Å². The molecule has 0 amide bonds. The van der Waals surface area contributed by atoms with Gasteiger partial charge in [0.15, 0.2) is 0 Å². The fourth-order valence-electron chi connectivity index (χ4n) is 2.46. The van der Waals surface area contributed by atoms with E-state index in [1.165, 1.54) is 10.9 Å². The van der Waals surface area contributed by atoms with Crippen molar-refractivity contribution in [3.63, 3.8) is 0 Å². The molecule has 3 heteroatoms. The summed E-state index contributed by atoms with van der Waals surface area (Å²) in [6, 6.07) is 14.2. The van der Waals surface area contributed by atoms with E-state index in [4.69, 9.17) is 17.3 Å². The number of hydrogen-bond donors (Lipinski definition) is 1. The molecule has 0 radical (unpaired) electrons. The Morgan fingerprint density at radius 3 is 2.70 bits per heavy atom. The Labute approximate surface area is 123 Å². The summed E-state index contributed by atoms with van der Waals surface area (Å²) in [5, 5.41) is 3.00. The first kappa shape index (κ1) is 13.1. The van der Waals surface area contributed by atoms with Crippen molar-refractivity contribution in [2.24, 2.45) is 5.73 Å². The van der Waals surface area contributed by atoms with Gasteiger partial charge in [-0.2, -0.15) is 0 Å². The zero-order valence-electron chi connectivity index (χ0n) is 11.2. The van der Waals surface area contributed by atoms with E-state index in [0.29, 0.717) is 6.54 Å². The van der Waals surface area contributed by atoms with Crippen molar-refractivity contribution in [2.45, 2.75) is 13.5 Å². The second-order valence-electron chi connectivity index (χ2n) is 4.88. The minimum absolute atomic E-state index is 0.440. The van der Waals surface area contributed by atoms with Crippen LogP contribution in [0, 0.1) is 6.92 Å². The third kappa shape index (κ3) is 2.28. The maximum Gasteiger partial charge on any atom is 0.0618 e. The highest BCUT2D eigenvalue weighted by molar-refractivity contribution is 6.30. The highest BCUT2D eigenvalue weighted by Gasteiger charge is 2.09. The van der Waals surface area contributed by atoms with Crippen LogP contribution in [0.15, 0.2) is 48.7 Å². The molecule has 0 atom stereocenters. The van der Waals surface area contributed by atoms with Crippen LogP contribution in [0.5, 0.6) is 0 Å². The van der Waals surface area contributed by atoms with Crippen LogP contribution >= 0.6 is 11.6 Å².